The van der Waals surface area contributed by atoms with Gasteiger partial charge in [-0.3, -0.25) is 0 Å². The van der Waals surface area contributed by atoms with Crippen LogP contribution in [-0.4, -0.2) is 38.9 Å². The van der Waals surface area contributed by atoms with Crippen LogP contribution in [0.3, 0.4) is 0 Å². The number of piperidine rings is 1. The first-order valence-electron chi connectivity index (χ1n) is 8.51. The minimum Gasteiger partial charge on any atom is -0.381 e. The van der Waals surface area contributed by atoms with Gasteiger partial charge in [-0.15, -0.1) is 0 Å². The second-order valence-corrected chi connectivity index (χ2v) is 5.87. The number of benzene rings is 1. The van der Waals surface area contributed by atoms with Crippen molar-refractivity contribution in [2.75, 3.05) is 37.7 Å². The molecule has 0 unspecified atom stereocenters. The van der Waals surface area contributed by atoms with E-state index in [0.717, 1.165) is 39.3 Å². The Bertz CT molecular complexity index is 361. The molecule has 0 radical (unpaired) electrons. The number of unbranched alkanes of at least 4 members (excludes halogenated alkanes) is 1. The third kappa shape index (κ3) is 6.06. The summed E-state index contributed by atoms with van der Waals surface area (Å²) in [5.41, 5.74) is 1.36. The molecular formula is C18H30N2O. The van der Waals surface area contributed by atoms with E-state index in [2.05, 4.69) is 47.5 Å². The Morgan fingerprint density at radius 1 is 1.10 bits per heavy atom. The topological polar surface area (TPSA) is 24.5 Å². The smallest absolute Gasteiger partial charge is 0.0478 e. The van der Waals surface area contributed by atoms with Gasteiger partial charge >= 0.3 is 0 Å². The van der Waals surface area contributed by atoms with Gasteiger partial charge in [-0.05, 0) is 44.4 Å². The highest BCUT2D eigenvalue weighted by Crippen LogP contribution is 2.19. The van der Waals surface area contributed by atoms with Crippen LogP contribution in [0.4, 0.5) is 5.69 Å². The summed E-state index contributed by atoms with van der Waals surface area (Å²) in [5.74, 6) is 0. The number of hydrogen-bond donors (Lipinski definition) is 1. The fraction of sp³-hybridized carbons (Fsp3) is 0.667. The largest absolute Gasteiger partial charge is 0.381 e. The number of nitrogens with one attached hydrogen (secondary N) is 1. The van der Waals surface area contributed by atoms with Crippen molar-refractivity contribution in [2.24, 2.45) is 0 Å². The zero-order valence-electron chi connectivity index (χ0n) is 13.4. The molecule has 2 rings (SSSR count). The maximum absolute atomic E-state index is 5.59. The summed E-state index contributed by atoms with van der Waals surface area (Å²) in [7, 11) is 0. The molecule has 0 spiro atoms. The Kier molecular flexibility index (Phi) is 7.61. The van der Waals surface area contributed by atoms with Crippen molar-refractivity contribution in [3.63, 3.8) is 0 Å². The second kappa shape index (κ2) is 9.80. The summed E-state index contributed by atoms with van der Waals surface area (Å²) in [4.78, 5) is 2.49. The number of rotatable bonds is 9. The molecule has 0 bridgehead atoms. The van der Waals surface area contributed by atoms with Crippen molar-refractivity contribution >= 4 is 5.69 Å². The maximum Gasteiger partial charge on any atom is 0.0478 e. The molecule has 0 aromatic heterocycles. The highest BCUT2D eigenvalue weighted by molar-refractivity contribution is 5.46. The van der Waals surface area contributed by atoms with E-state index >= 15 is 0 Å². The Morgan fingerprint density at radius 3 is 2.52 bits per heavy atom. The second-order valence-electron chi connectivity index (χ2n) is 5.87. The maximum atomic E-state index is 5.59. The van der Waals surface area contributed by atoms with Gasteiger partial charge in [0.1, 0.15) is 0 Å². The van der Waals surface area contributed by atoms with Crippen LogP contribution >= 0.6 is 0 Å². The number of anilines is 1. The summed E-state index contributed by atoms with van der Waals surface area (Å²) >= 11 is 0. The zero-order chi connectivity index (χ0) is 14.8. The molecule has 118 valence electrons. The molecule has 0 saturated carbocycles. The molecule has 1 aliphatic rings. The van der Waals surface area contributed by atoms with Crippen LogP contribution in [0, 0.1) is 0 Å². The van der Waals surface area contributed by atoms with Gasteiger partial charge in [0, 0.05) is 38.0 Å². The van der Waals surface area contributed by atoms with Crippen LogP contribution in [0.15, 0.2) is 30.3 Å². The summed E-state index contributed by atoms with van der Waals surface area (Å²) in [5, 5.41) is 3.68. The van der Waals surface area contributed by atoms with Gasteiger partial charge in [-0.2, -0.15) is 0 Å². The molecule has 21 heavy (non-hydrogen) atoms. The minimum absolute atomic E-state index is 0.681. The summed E-state index contributed by atoms with van der Waals surface area (Å²) in [6, 6.07) is 11.4. The van der Waals surface area contributed by atoms with Crippen molar-refractivity contribution < 1.29 is 4.74 Å². The zero-order valence-corrected chi connectivity index (χ0v) is 13.4. The first kappa shape index (κ1) is 16.3. The molecule has 0 atom stereocenters. The molecule has 1 fully saturated rings. The number of hydrogen-bond acceptors (Lipinski definition) is 3. The average Bonchev–Trinajstić information content (AvgIpc) is 2.55. The summed E-state index contributed by atoms with van der Waals surface area (Å²) < 4.78 is 5.59. The fourth-order valence-electron chi connectivity index (χ4n) is 2.81. The van der Waals surface area contributed by atoms with E-state index in [1.54, 1.807) is 0 Å². The van der Waals surface area contributed by atoms with Crippen molar-refractivity contribution in [3.05, 3.63) is 30.3 Å². The lowest BCUT2D eigenvalue weighted by atomic mass is 10.0. The summed E-state index contributed by atoms with van der Waals surface area (Å²) in [6.45, 7) is 7.43. The molecule has 0 aliphatic carbocycles. The molecule has 3 nitrogen and oxygen atoms in total. The quantitative estimate of drug-likeness (QED) is 0.705. The number of para-hydroxylation sites is 1. The van der Waals surface area contributed by atoms with Gasteiger partial charge in [0.25, 0.3) is 0 Å². The highest BCUT2D eigenvalue weighted by Gasteiger charge is 2.18. The predicted octanol–water partition coefficient (Wildman–Crippen LogP) is 3.45. The SMILES string of the molecule is CCCCOCCCNC1CCN(c2ccccc2)CC1. The molecule has 1 aliphatic heterocycles. The van der Waals surface area contributed by atoms with Crippen LogP contribution < -0.4 is 10.2 Å². The van der Waals surface area contributed by atoms with Crippen molar-refractivity contribution in [2.45, 2.75) is 45.1 Å². The molecule has 0 amide bonds. The molecule has 1 aromatic carbocycles. The molecule has 1 N–H and O–H groups in total. The Labute approximate surface area is 129 Å². The lowest BCUT2D eigenvalue weighted by molar-refractivity contribution is 0.128. The normalized spacial score (nSPS) is 16.3. The van der Waals surface area contributed by atoms with Crippen LogP contribution in [0.1, 0.15) is 39.0 Å². The standard InChI is InChI=1S/C18H30N2O/c1-2-3-15-21-16-7-12-19-17-10-13-20(14-11-17)18-8-5-4-6-9-18/h4-6,8-9,17,19H,2-3,7,10-16H2,1H3. The lowest BCUT2D eigenvalue weighted by Gasteiger charge is -2.34. The minimum atomic E-state index is 0.681. The Balaban J connectivity index is 1.53. The van der Waals surface area contributed by atoms with Gasteiger partial charge in [0.05, 0.1) is 0 Å². The third-order valence-electron chi connectivity index (χ3n) is 4.16. The average molecular weight is 290 g/mol. The van der Waals surface area contributed by atoms with Crippen molar-refractivity contribution in [1.29, 1.82) is 0 Å². The van der Waals surface area contributed by atoms with E-state index in [9.17, 15) is 0 Å². The van der Waals surface area contributed by atoms with E-state index in [1.807, 2.05) is 0 Å². The monoisotopic (exact) mass is 290 g/mol. The number of nitrogens with zero attached hydrogens (tertiary/aromatic N) is 1. The first-order valence-corrected chi connectivity index (χ1v) is 8.51. The van der Waals surface area contributed by atoms with Gasteiger partial charge in [-0.25, -0.2) is 0 Å². The summed E-state index contributed by atoms with van der Waals surface area (Å²) in [6.07, 6.45) is 6.02. The highest BCUT2D eigenvalue weighted by atomic mass is 16.5. The van der Waals surface area contributed by atoms with Crippen molar-refractivity contribution in [1.82, 2.24) is 5.32 Å². The van der Waals surface area contributed by atoms with E-state index < -0.39 is 0 Å². The molecule has 1 saturated heterocycles. The Hall–Kier alpha value is -1.06. The van der Waals surface area contributed by atoms with Gasteiger partial charge in [-0.1, -0.05) is 31.5 Å². The number of ether oxygens (including phenoxy) is 1. The van der Waals surface area contributed by atoms with Gasteiger partial charge in [0.15, 0.2) is 0 Å². The van der Waals surface area contributed by atoms with Gasteiger partial charge in [0.2, 0.25) is 0 Å². The van der Waals surface area contributed by atoms with E-state index in [4.69, 9.17) is 4.74 Å². The van der Waals surface area contributed by atoms with Crippen LogP contribution in [0.25, 0.3) is 0 Å². The molecular weight excluding hydrogens is 260 g/mol. The third-order valence-corrected chi connectivity index (χ3v) is 4.16. The van der Waals surface area contributed by atoms with Crippen LogP contribution in [0.5, 0.6) is 0 Å². The fourth-order valence-corrected chi connectivity index (χ4v) is 2.81. The predicted molar refractivity (Wildman–Crippen MR) is 90.0 cm³/mol. The molecule has 1 heterocycles. The van der Waals surface area contributed by atoms with Crippen LogP contribution in [0.2, 0.25) is 0 Å². The lowest BCUT2D eigenvalue weighted by Crippen LogP contribution is -2.43. The van der Waals surface area contributed by atoms with E-state index in [1.165, 1.54) is 31.4 Å². The van der Waals surface area contributed by atoms with E-state index in [0.29, 0.717) is 6.04 Å². The van der Waals surface area contributed by atoms with E-state index in [-0.39, 0.29) is 0 Å². The van der Waals surface area contributed by atoms with Gasteiger partial charge < -0.3 is 15.0 Å². The molecule has 3 heteroatoms. The Morgan fingerprint density at radius 2 is 1.81 bits per heavy atom. The first-order chi connectivity index (χ1) is 10.4. The van der Waals surface area contributed by atoms with Crippen LogP contribution in [-0.2, 0) is 4.74 Å². The van der Waals surface area contributed by atoms with Crippen molar-refractivity contribution in [3.8, 4) is 0 Å². The molecule has 1 aromatic rings.